The van der Waals surface area contributed by atoms with Crippen molar-refractivity contribution >= 4 is 22.5 Å². The van der Waals surface area contributed by atoms with Gasteiger partial charge in [-0.05, 0) is 30.3 Å². The van der Waals surface area contributed by atoms with Crippen LogP contribution in [0.15, 0.2) is 66.1 Å². The number of H-pyrrole nitrogens is 1. The number of pyridine rings is 2. The molecule has 4 aromatic rings. The Labute approximate surface area is 136 Å². The van der Waals surface area contributed by atoms with Crippen LogP contribution in [0.5, 0.6) is 0 Å². The molecule has 0 radical (unpaired) electrons. The summed E-state index contributed by atoms with van der Waals surface area (Å²) in [6, 6.07) is 10.8. The van der Waals surface area contributed by atoms with Crippen LogP contribution in [0.4, 0.5) is 0 Å². The Balaban J connectivity index is 2.02. The molecule has 0 saturated carbocycles. The fourth-order valence-corrected chi connectivity index (χ4v) is 2.68. The van der Waals surface area contributed by atoms with Crippen LogP contribution in [0.1, 0.15) is 0 Å². The van der Waals surface area contributed by atoms with Gasteiger partial charge in [-0.3, -0.25) is 4.79 Å². The first kappa shape index (κ1) is 13.7. The van der Waals surface area contributed by atoms with Crippen LogP contribution >= 0.6 is 11.6 Å². The van der Waals surface area contributed by atoms with E-state index in [-0.39, 0.29) is 5.56 Å². The van der Waals surface area contributed by atoms with Gasteiger partial charge < -0.3 is 9.55 Å². The van der Waals surface area contributed by atoms with Crippen LogP contribution in [0, 0.1) is 0 Å². The molecular formula is C17H11ClN4O. The minimum atomic E-state index is -0.146. The molecule has 0 spiro atoms. The lowest BCUT2D eigenvalue weighted by Gasteiger charge is -2.10. The van der Waals surface area contributed by atoms with Crippen molar-refractivity contribution in [3.8, 4) is 16.9 Å². The first-order valence-corrected chi connectivity index (χ1v) is 7.36. The van der Waals surface area contributed by atoms with Crippen LogP contribution in [0.25, 0.3) is 27.8 Å². The van der Waals surface area contributed by atoms with Crippen LogP contribution in [0.3, 0.4) is 0 Å². The number of aromatic nitrogens is 4. The zero-order chi connectivity index (χ0) is 15.8. The predicted octanol–water partition coefficient (Wildman–Crippen LogP) is 3.43. The van der Waals surface area contributed by atoms with E-state index in [1.165, 1.54) is 6.07 Å². The number of rotatable bonds is 2. The summed E-state index contributed by atoms with van der Waals surface area (Å²) in [5, 5.41) is 1.60. The molecule has 0 atom stereocenters. The highest BCUT2D eigenvalue weighted by atomic mass is 35.5. The summed E-state index contributed by atoms with van der Waals surface area (Å²) in [6.45, 7) is 0. The summed E-state index contributed by atoms with van der Waals surface area (Å²) in [6.07, 6.45) is 6.99. The number of aromatic amines is 1. The summed E-state index contributed by atoms with van der Waals surface area (Å²) in [4.78, 5) is 22.7. The third-order valence-electron chi connectivity index (χ3n) is 3.61. The lowest BCUT2D eigenvalue weighted by atomic mass is 10.1. The Kier molecular flexibility index (Phi) is 3.20. The topological polar surface area (TPSA) is 63.6 Å². The average molecular weight is 323 g/mol. The maximum atomic E-state index is 11.3. The van der Waals surface area contributed by atoms with Gasteiger partial charge in [0.05, 0.1) is 23.2 Å². The molecule has 0 amide bonds. The quantitative estimate of drug-likeness (QED) is 0.615. The Morgan fingerprint density at radius 1 is 1.13 bits per heavy atom. The largest absolute Gasteiger partial charge is 0.328 e. The maximum Gasteiger partial charge on any atom is 0.247 e. The second kappa shape index (κ2) is 5.37. The van der Waals surface area contributed by atoms with E-state index in [9.17, 15) is 4.79 Å². The molecule has 3 aromatic heterocycles. The van der Waals surface area contributed by atoms with Crippen molar-refractivity contribution in [1.29, 1.82) is 0 Å². The van der Waals surface area contributed by atoms with Crippen molar-refractivity contribution in [3.05, 3.63) is 76.7 Å². The van der Waals surface area contributed by atoms with Gasteiger partial charge in [0.25, 0.3) is 0 Å². The number of hydrogen-bond donors (Lipinski definition) is 1. The molecule has 3 heterocycles. The Bertz CT molecular complexity index is 1030. The first-order valence-electron chi connectivity index (χ1n) is 6.98. The monoisotopic (exact) mass is 322 g/mol. The van der Waals surface area contributed by atoms with E-state index >= 15 is 0 Å². The van der Waals surface area contributed by atoms with Crippen molar-refractivity contribution < 1.29 is 0 Å². The lowest BCUT2D eigenvalue weighted by molar-refractivity contribution is 1.06. The van der Waals surface area contributed by atoms with Crippen LogP contribution in [-0.4, -0.2) is 19.5 Å². The molecular weight excluding hydrogens is 312 g/mol. The number of hydrogen-bond acceptors (Lipinski definition) is 3. The number of imidazole rings is 1. The molecule has 0 aliphatic carbocycles. The molecule has 4 rings (SSSR count). The highest BCUT2D eigenvalue weighted by molar-refractivity contribution is 6.31. The predicted molar refractivity (Wildman–Crippen MR) is 89.9 cm³/mol. The molecule has 1 aromatic carbocycles. The second-order valence-corrected chi connectivity index (χ2v) is 5.54. The number of halogens is 1. The number of fused-ring (bicyclic) bond motifs is 1. The molecule has 0 unspecified atom stereocenters. The van der Waals surface area contributed by atoms with Crippen molar-refractivity contribution in [1.82, 2.24) is 19.5 Å². The summed E-state index contributed by atoms with van der Waals surface area (Å²) in [5.41, 5.74) is 3.16. The van der Waals surface area contributed by atoms with Gasteiger partial charge in [-0.25, -0.2) is 9.97 Å². The molecule has 0 fully saturated rings. The van der Waals surface area contributed by atoms with Gasteiger partial charge in [0.1, 0.15) is 0 Å². The van der Waals surface area contributed by atoms with E-state index in [2.05, 4.69) is 15.0 Å². The van der Waals surface area contributed by atoms with Crippen LogP contribution in [-0.2, 0) is 0 Å². The third-order valence-corrected chi connectivity index (χ3v) is 3.85. The van der Waals surface area contributed by atoms with Gasteiger partial charge in [0, 0.05) is 40.6 Å². The molecule has 112 valence electrons. The maximum absolute atomic E-state index is 11.3. The lowest BCUT2D eigenvalue weighted by Crippen LogP contribution is -2.02. The number of benzene rings is 1. The average Bonchev–Trinajstić information content (AvgIpc) is 3.08. The zero-order valence-corrected chi connectivity index (χ0v) is 12.7. The molecule has 5 nitrogen and oxygen atoms in total. The van der Waals surface area contributed by atoms with Crippen molar-refractivity contribution in [2.45, 2.75) is 0 Å². The highest BCUT2D eigenvalue weighted by Crippen LogP contribution is 2.28. The van der Waals surface area contributed by atoms with Gasteiger partial charge in [0.15, 0.2) is 0 Å². The molecule has 0 aliphatic rings. The van der Waals surface area contributed by atoms with Crippen molar-refractivity contribution in [2.24, 2.45) is 0 Å². The van der Waals surface area contributed by atoms with E-state index in [4.69, 9.17) is 11.6 Å². The first-order chi connectivity index (χ1) is 11.2. The fraction of sp³-hybridized carbons (Fsp3) is 0. The van der Waals surface area contributed by atoms with E-state index in [0.717, 1.165) is 27.8 Å². The third kappa shape index (κ3) is 2.51. The molecule has 0 saturated heterocycles. The Morgan fingerprint density at radius 2 is 2.04 bits per heavy atom. The van der Waals surface area contributed by atoms with E-state index in [1.54, 1.807) is 24.8 Å². The normalized spacial score (nSPS) is 11.0. The van der Waals surface area contributed by atoms with Crippen LogP contribution < -0.4 is 5.56 Å². The van der Waals surface area contributed by atoms with Gasteiger partial charge in [0.2, 0.25) is 5.56 Å². The zero-order valence-electron chi connectivity index (χ0n) is 11.9. The standard InChI is InChI=1S/C17H11ClN4O/c18-12-2-3-13-15(7-12)21-14(11-1-4-17(23)20-9-11)8-16(13)22-6-5-19-10-22/h1-10H,(H,20,23). The second-order valence-electron chi connectivity index (χ2n) is 5.10. The molecule has 0 bridgehead atoms. The summed E-state index contributed by atoms with van der Waals surface area (Å²) in [7, 11) is 0. The van der Waals surface area contributed by atoms with Crippen molar-refractivity contribution in [2.75, 3.05) is 0 Å². The van der Waals surface area contributed by atoms with Gasteiger partial charge in [-0.2, -0.15) is 0 Å². The van der Waals surface area contributed by atoms with Crippen LogP contribution in [0.2, 0.25) is 5.02 Å². The van der Waals surface area contributed by atoms with E-state index < -0.39 is 0 Å². The number of nitrogens with one attached hydrogen (secondary N) is 1. The van der Waals surface area contributed by atoms with Gasteiger partial charge in [-0.15, -0.1) is 0 Å². The Hall–Kier alpha value is -2.92. The van der Waals surface area contributed by atoms with E-state index in [1.807, 2.05) is 35.0 Å². The van der Waals surface area contributed by atoms with Crippen molar-refractivity contribution in [3.63, 3.8) is 0 Å². The smallest absolute Gasteiger partial charge is 0.247 e. The van der Waals surface area contributed by atoms with Gasteiger partial charge in [-0.1, -0.05) is 11.6 Å². The van der Waals surface area contributed by atoms with Gasteiger partial charge >= 0.3 is 0 Å². The fourth-order valence-electron chi connectivity index (χ4n) is 2.52. The SMILES string of the molecule is O=c1ccc(-c2cc(-n3ccnc3)c3ccc(Cl)cc3n2)c[nH]1. The number of nitrogens with zero attached hydrogens (tertiary/aromatic N) is 3. The summed E-state index contributed by atoms with van der Waals surface area (Å²) in [5.74, 6) is 0. The minimum Gasteiger partial charge on any atom is -0.328 e. The molecule has 23 heavy (non-hydrogen) atoms. The highest BCUT2D eigenvalue weighted by Gasteiger charge is 2.10. The molecule has 0 aliphatic heterocycles. The summed E-state index contributed by atoms with van der Waals surface area (Å²) >= 11 is 6.11. The van der Waals surface area contributed by atoms with E-state index in [0.29, 0.717) is 5.02 Å². The summed E-state index contributed by atoms with van der Waals surface area (Å²) < 4.78 is 1.92. The molecule has 6 heteroatoms. The minimum absolute atomic E-state index is 0.146. The molecule has 1 N–H and O–H groups in total. The Morgan fingerprint density at radius 3 is 2.78 bits per heavy atom.